The topological polar surface area (TPSA) is 164 Å². The van der Waals surface area contributed by atoms with Crippen molar-refractivity contribution in [1.29, 1.82) is 0 Å². The first-order valence-electron chi connectivity index (χ1n) is 6.04. The number of carbonyl (C=O) groups is 4. The summed E-state index contributed by atoms with van der Waals surface area (Å²) >= 11 is 0. The number of carbonyl (C=O) groups excluding carboxylic acids is 2. The predicted octanol–water partition coefficient (Wildman–Crippen LogP) is -1.30. The molecule has 0 saturated carbocycles. The van der Waals surface area contributed by atoms with Crippen LogP contribution in [-0.2, 0) is 19.2 Å². The number of carboxylic acid groups (broad SMARTS) is 2. The van der Waals surface area contributed by atoms with Gasteiger partial charge in [0.15, 0.2) is 6.17 Å². The van der Waals surface area contributed by atoms with Gasteiger partial charge in [-0.2, -0.15) is 0 Å². The van der Waals surface area contributed by atoms with Crippen LogP contribution in [0.5, 0.6) is 0 Å². The Kier molecular flexibility index (Phi) is 7.40. The van der Waals surface area contributed by atoms with Gasteiger partial charge in [-0.25, -0.2) is 4.79 Å². The van der Waals surface area contributed by atoms with Gasteiger partial charge in [-0.15, -0.1) is 0 Å². The predicted molar refractivity (Wildman–Crippen MR) is 67.2 cm³/mol. The maximum atomic E-state index is 11.8. The highest BCUT2D eigenvalue weighted by Gasteiger charge is 2.31. The van der Waals surface area contributed by atoms with Gasteiger partial charge in [-0.05, 0) is 12.8 Å². The molecule has 0 saturated heterocycles. The van der Waals surface area contributed by atoms with E-state index < -0.39 is 36.0 Å². The molecule has 9 heteroatoms. The Morgan fingerprint density at radius 2 is 1.50 bits per heavy atom. The van der Waals surface area contributed by atoms with E-state index >= 15 is 0 Å². The van der Waals surface area contributed by atoms with Gasteiger partial charge in [0.05, 0.1) is 0 Å². The summed E-state index contributed by atoms with van der Waals surface area (Å²) in [6.07, 6.45) is -1.98. The molecule has 0 rings (SSSR count). The van der Waals surface area contributed by atoms with E-state index in [9.17, 15) is 19.2 Å². The molecule has 2 atom stereocenters. The largest absolute Gasteiger partial charge is 0.480 e. The molecule has 0 aliphatic rings. The highest BCUT2D eigenvalue weighted by molar-refractivity contribution is 5.99. The minimum Gasteiger partial charge on any atom is -0.480 e. The summed E-state index contributed by atoms with van der Waals surface area (Å²) in [5, 5.41) is 17.4. The van der Waals surface area contributed by atoms with E-state index in [1.54, 1.807) is 6.92 Å². The second kappa shape index (κ2) is 8.23. The fraction of sp³-hybridized carbons (Fsp3) is 0.636. The van der Waals surface area contributed by atoms with Crippen molar-refractivity contribution in [2.75, 3.05) is 0 Å². The first kappa shape index (κ1) is 18.0. The molecule has 1 unspecified atom stereocenters. The fourth-order valence-corrected chi connectivity index (χ4v) is 1.42. The van der Waals surface area contributed by atoms with Crippen molar-refractivity contribution in [3.63, 3.8) is 0 Å². The van der Waals surface area contributed by atoms with E-state index in [2.05, 4.69) is 0 Å². The maximum absolute atomic E-state index is 11.8. The summed E-state index contributed by atoms with van der Waals surface area (Å²) in [7, 11) is 0. The Hall–Kier alpha value is -2.00. The van der Waals surface area contributed by atoms with E-state index in [0.29, 0.717) is 11.3 Å². The zero-order valence-corrected chi connectivity index (χ0v) is 11.1. The molecule has 0 aliphatic carbocycles. The standard InChI is InChI=1S/C11H19N3O6/c1-2-3-7(15)14(9(13)11(19)20)8(16)5-4-6(12)10(17)18/h6,9H,2-5,12-13H2,1H3,(H,17,18)(H,19,20)/t6-,9?/m0/s1. The van der Waals surface area contributed by atoms with E-state index in [4.69, 9.17) is 21.7 Å². The van der Waals surface area contributed by atoms with Gasteiger partial charge in [0.25, 0.3) is 0 Å². The highest BCUT2D eigenvalue weighted by atomic mass is 16.4. The third-order valence-electron chi connectivity index (χ3n) is 2.52. The van der Waals surface area contributed by atoms with Crippen LogP contribution in [0.15, 0.2) is 0 Å². The molecule has 0 heterocycles. The lowest BCUT2D eigenvalue weighted by Gasteiger charge is -2.24. The van der Waals surface area contributed by atoms with Crippen LogP contribution in [0.3, 0.4) is 0 Å². The molecular weight excluding hydrogens is 270 g/mol. The number of imide groups is 1. The zero-order valence-electron chi connectivity index (χ0n) is 11.1. The molecule has 2 amide bonds. The van der Waals surface area contributed by atoms with Crippen LogP contribution in [0.4, 0.5) is 0 Å². The molecule has 114 valence electrons. The molecule has 0 fully saturated rings. The van der Waals surface area contributed by atoms with Crippen LogP contribution in [0.25, 0.3) is 0 Å². The smallest absolute Gasteiger partial charge is 0.341 e. The van der Waals surface area contributed by atoms with Gasteiger partial charge < -0.3 is 21.7 Å². The first-order chi connectivity index (χ1) is 9.22. The first-order valence-corrected chi connectivity index (χ1v) is 6.04. The maximum Gasteiger partial charge on any atom is 0.341 e. The normalized spacial score (nSPS) is 13.3. The number of rotatable bonds is 8. The molecule has 0 spiro atoms. The van der Waals surface area contributed by atoms with Gasteiger partial charge in [-0.3, -0.25) is 19.3 Å². The van der Waals surface area contributed by atoms with E-state index in [1.165, 1.54) is 0 Å². The van der Waals surface area contributed by atoms with Crippen molar-refractivity contribution in [3.8, 4) is 0 Å². The summed E-state index contributed by atoms with van der Waals surface area (Å²) in [5.41, 5.74) is 10.5. The van der Waals surface area contributed by atoms with E-state index in [0.717, 1.165) is 0 Å². The molecule has 0 aromatic rings. The summed E-state index contributed by atoms with van der Waals surface area (Å²) in [5.74, 6) is -4.37. The van der Waals surface area contributed by atoms with Crippen LogP contribution < -0.4 is 11.5 Å². The molecule has 0 radical (unpaired) electrons. The van der Waals surface area contributed by atoms with Gasteiger partial charge in [-0.1, -0.05) is 6.92 Å². The molecule has 9 nitrogen and oxygen atoms in total. The average molecular weight is 289 g/mol. The molecule has 20 heavy (non-hydrogen) atoms. The average Bonchev–Trinajstić information content (AvgIpc) is 2.35. The lowest BCUT2D eigenvalue weighted by atomic mass is 10.1. The Morgan fingerprint density at radius 1 is 1.00 bits per heavy atom. The Bertz CT molecular complexity index is 398. The zero-order chi connectivity index (χ0) is 15.9. The van der Waals surface area contributed by atoms with Crippen molar-refractivity contribution in [3.05, 3.63) is 0 Å². The number of hydrogen-bond acceptors (Lipinski definition) is 6. The summed E-state index contributed by atoms with van der Waals surface area (Å²) in [6, 6.07) is -1.26. The SMILES string of the molecule is CCCC(=O)N(C(=O)CC[C@H](N)C(=O)O)C(N)C(=O)O. The van der Waals surface area contributed by atoms with Crippen molar-refractivity contribution in [2.24, 2.45) is 11.5 Å². The van der Waals surface area contributed by atoms with Crippen molar-refractivity contribution in [2.45, 2.75) is 44.8 Å². The fourth-order valence-electron chi connectivity index (χ4n) is 1.42. The van der Waals surface area contributed by atoms with Crippen LogP contribution in [-0.4, -0.2) is 51.1 Å². The van der Waals surface area contributed by atoms with Gasteiger partial charge in [0.2, 0.25) is 11.8 Å². The summed E-state index contributed by atoms with van der Waals surface area (Å²) in [4.78, 5) is 45.3. The molecule has 0 aliphatic heterocycles. The Morgan fingerprint density at radius 3 is 1.90 bits per heavy atom. The molecule has 0 aromatic carbocycles. The summed E-state index contributed by atoms with van der Waals surface area (Å²) < 4.78 is 0. The third kappa shape index (κ3) is 5.33. The van der Waals surface area contributed by atoms with Gasteiger partial charge in [0.1, 0.15) is 6.04 Å². The number of carboxylic acids is 2. The summed E-state index contributed by atoms with van der Waals surface area (Å²) in [6.45, 7) is 1.69. The van der Waals surface area contributed by atoms with Crippen LogP contribution in [0.1, 0.15) is 32.6 Å². The van der Waals surface area contributed by atoms with E-state index in [1.807, 2.05) is 0 Å². The monoisotopic (exact) mass is 289 g/mol. The second-order valence-electron chi connectivity index (χ2n) is 4.17. The quantitative estimate of drug-likeness (QED) is 0.400. The minimum absolute atomic E-state index is 0.0301. The van der Waals surface area contributed by atoms with Crippen molar-refractivity contribution >= 4 is 23.8 Å². The van der Waals surface area contributed by atoms with Crippen molar-refractivity contribution < 1.29 is 29.4 Å². The number of nitrogens with zero attached hydrogens (tertiary/aromatic N) is 1. The Balaban J connectivity index is 4.85. The number of aliphatic carboxylic acids is 2. The third-order valence-corrected chi connectivity index (χ3v) is 2.52. The molecular formula is C11H19N3O6. The van der Waals surface area contributed by atoms with E-state index in [-0.39, 0.29) is 19.3 Å². The number of amides is 2. The highest BCUT2D eigenvalue weighted by Crippen LogP contribution is 2.07. The molecule has 6 N–H and O–H groups in total. The number of nitrogens with two attached hydrogens (primary N) is 2. The van der Waals surface area contributed by atoms with Crippen LogP contribution in [0.2, 0.25) is 0 Å². The molecule has 0 bridgehead atoms. The second-order valence-corrected chi connectivity index (χ2v) is 4.17. The lowest BCUT2D eigenvalue weighted by molar-refractivity contribution is -0.158. The Labute approximate surface area is 115 Å². The molecule has 0 aromatic heterocycles. The van der Waals surface area contributed by atoms with Crippen molar-refractivity contribution in [1.82, 2.24) is 4.90 Å². The lowest BCUT2D eigenvalue weighted by Crippen LogP contribution is -2.53. The van der Waals surface area contributed by atoms with Gasteiger partial charge >= 0.3 is 11.9 Å². The number of hydrogen-bond donors (Lipinski definition) is 4. The minimum atomic E-state index is -1.79. The van der Waals surface area contributed by atoms with Crippen LogP contribution >= 0.6 is 0 Å². The van der Waals surface area contributed by atoms with Crippen LogP contribution in [0, 0.1) is 0 Å². The van der Waals surface area contributed by atoms with Gasteiger partial charge in [0, 0.05) is 12.8 Å².